The topological polar surface area (TPSA) is 40.6 Å². The van der Waals surface area contributed by atoms with Crippen LogP contribution in [-0.2, 0) is 4.79 Å². The van der Waals surface area contributed by atoms with E-state index >= 15 is 0 Å². The first kappa shape index (κ1) is 19.0. The molecule has 1 saturated heterocycles. The van der Waals surface area contributed by atoms with E-state index in [0.29, 0.717) is 11.7 Å². The van der Waals surface area contributed by atoms with Gasteiger partial charge in [0.1, 0.15) is 0 Å². The van der Waals surface area contributed by atoms with Crippen LogP contribution in [0.15, 0.2) is 23.1 Å². The highest BCUT2D eigenvalue weighted by Crippen LogP contribution is 2.42. The third-order valence-electron chi connectivity index (χ3n) is 6.66. The summed E-state index contributed by atoms with van der Waals surface area (Å²) >= 11 is 1.83. The minimum absolute atomic E-state index is 0.153. The molecule has 0 N–H and O–H groups in total. The van der Waals surface area contributed by atoms with Crippen LogP contribution in [0.25, 0.3) is 0 Å². The van der Waals surface area contributed by atoms with Crippen LogP contribution in [0.1, 0.15) is 54.4 Å². The first-order chi connectivity index (χ1) is 13.0. The molecule has 3 atom stereocenters. The fourth-order valence-electron chi connectivity index (χ4n) is 4.72. The predicted molar refractivity (Wildman–Crippen MR) is 109 cm³/mol. The summed E-state index contributed by atoms with van der Waals surface area (Å²) in [6.45, 7) is 5.50. The normalized spacial score (nSPS) is 27.5. The van der Waals surface area contributed by atoms with E-state index in [9.17, 15) is 9.59 Å². The summed E-state index contributed by atoms with van der Waals surface area (Å²) in [4.78, 5) is 31.4. The first-order valence-corrected chi connectivity index (χ1v) is 11.3. The number of hydrogen-bond donors (Lipinski definition) is 0. The average Bonchev–Trinajstić information content (AvgIpc) is 2.84. The van der Waals surface area contributed by atoms with Crippen LogP contribution in [0.4, 0.5) is 0 Å². The number of carbonyl (C=O) groups excluding carboxylic acids is 2. The number of nitrogens with zero attached hydrogens (tertiary/aromatic N) is 2. The van der Waals surface area contributed by atoms with Crippen molar-refractivity contribution in [2.75, 3.05) is 39.0 Å². The van der Waals surface area contributed by atoms with Gasteiger partial charge in [-0.2, -0.15) is 0 Å². The molecule has 2 fully saturated rings. The number of piperazine rings is 1. The summed E-state index contributed by atoms with van der Waals surface area (Å²) in [6.07, 6.45) is 4.67. The molecule has 0 radical (unpaired) electrons. The Kier molecular flexibility index (Phi) is 5.60. The number of hydrogen-bond acceptors (Lipinski definition) is 4. The number of likely N-dealkylation sites (N-methyl/N-ethyl adjacent to an activating group) is 1. The lowest BCUT2D eigenvalue weighted by Crippen LogP contribution is -2.48. The van der Waals surface area contributed by atoms with E-state index in [2.05, 4.69) is 18.0 Å². The molecule has 1 unspecified atom stereocenters. The zero-order valence-electron chi connectivity index (χ0n) is 16.4. The molecule has 5 heteroatoms. The number of benzene rings is 1. The number of carbonyl (C=O) groups is 2. The Morgan fingerprint density at radius 3 is 2.67 bits per heavy atom. The van der Waals surface area contributed by atoms with Crippen LogP contribution in [0, 0.1) is 11.8 Å². The van der Waals surface area contributed by atoms with Crippen molar-refractivity contribution in [1.82, 2.24) is 9.80 Å². The molecule has 0 bridgehead atoms. The van der Waals surface area contributed by atoms with Crippen molar-refractivity contribution in [2.24, 2.45) is 11.8 Å². The molecule has 4 rings (SSSR count). The minimum Gasteiger partial charge on any atom is -0.340 e. The predicted octanol–water partition coefficient (Wildman–Crippen LogP) is 3.66. The van der Waals surface area contributed by atoms with Gasteiger partial charge in [0.2, 0.25) is 5.91 Å². The summed E-state index contributed by atoms with van der Waals surface area (Å²) in [7, 11) is 2.10. The molecule has 4 nitrogen and oxygen atoms in total. The van der Waals surface area contributed by atoms with Crippen molar-refractivity contribution in [3.63, 3.8) is 0 Å². The molecular formula is C22H30N2O2S. The summed E-state index contributed by atoms with van der Waals surface area (Å²) in [6, 6.07) is 6.12. The van der Waals surface area contributed by atoms with Crippen molar-refractivity contribution in [3.05, 3.63) is 29.3 Å². The molecule has 1 amide bonds. The van der Waals surface area contributed by atoms with Crippen molar-refractivity contribution >= 4 is 23.5 Å². The highest BCUT2D eigenvalue weighted by Gasteiger charge is 2.35. The largest absolute Gasteiger partial charge is 0.340 e. The number of thioether (sulfide) groups is 1. The van der Waals surface area contributed by atoms with Gasteiger partial charge in [0.05, 0.1) is 5.92 Å². The Labute approximate surface area is 166 Å². The lowest BCUT2D eigenvalue weighted by Gasteiger charge is -2.34. The van der Waals surface area contributed by atoms with Gasteiger partial charge < -0.3 is 9.80 Å². The van der Waals surface area contributed by atoms with E-state index < -0.39 is 0 Å². The number of fused-ring (bicyclic) bond motifs is 2. The molecule has 1 saturated carbocycles. The number of amides is 1. The molecule has 2 aliphatic heterocycles. The maximum Gasteiger partial charge on any atom is 0.229 e. The van der Waals surface area contributed by atoms with Gasteiger partial charge in [-0.3, -0.25) is 9.59 Å². The van der Waals surface area contributed by atoms with E-state index in [1.165, 1.54) is 19.3 Å². The summed E-state index contributed by atoms with van der Waals surface area (Å²) in [5.41, 5.74) is 1.93. The second kappa shape index (κ2) is 7.96. The van der Waals surface area contributed by atoms with E-state index in [-0.39, 0.29) is 17.7 Å². The van der Waals surface area contributed by atoms with Crippen molar-refractivity contribution in [3.8, 4) is 0 Å². The van der Waals surface area contributed by atoms with Gasteiger partial charge in [-0.05, 0) is 50.4 Å². The number of rotatable bonds is 2. The lowest BCUT2D eigenvalue weighted by atomic mass is 9.76. The van der Waals surface area contributed by atoms with Gasteiger partial charge >= 0.3 is 0 Å². The minimum atomic E-state index is -0.153. The van der Waals surface area contributed by atoms with Gasteiger partial charge in [-0.15, -0.1) is 11.8 Å². The molecule has 2 heterocycles. The number of ketones is 1. The number of Topliss-reactive ketones (excluding diaryl/α,β-unsaturated/α-hetero) is 1. The van der Waals surface area contributed by atoms with E-state index in [1.807, 2.05) is 35.7 Å². The zero-order chi connectivity index (χ0) is 19.0. The van der Waals surface area contributed by atoms with Crippen LogP contribution in [0.3, 0.4) is 0 Å². The van der Waals surface area contributed by atoms with Gasteiger partial charge in [-0.25, -0.2) is 0 Å². The van der Waals surface area contributed by atoms with Gasteiger partial charge in [0.15, 0.2) is 5.78 Å². The van der Waals surface area contributed by atoms with Crippen molar-refractivity contribution < 1.29 is 9.59 Å². The third kappa shape index (κ3) is 3.81. The quantitative estimate of drug-likeness (QED) is 0.778. The van der Waals surface area contributed by atoms with Crippen LogP contribution in [0.2, 0.25) is 0 Å². The maximum absolute atomic E-state index is 13.1. The Balaban J connectivity index is 1.53. The van der Waals surface area contributed by atoms with E-state index in [1.54, 1.807) is 0 Å². The molecule has 27 heavy (non-hydrogen) atoms. The average molecular weight is 387 g/mol. The SMILES string of the molecule is CC(C(=O)N1CCN(C)CC1)c1ccc2c(c1)SC[C@H]1CCCC[C@@H]1C2=O. The van der Waals surface area contributed by atoms with Crippen LogP contribution < -0.4 is 0 Å². The Hall–Kier alpha value is -1.33. The highest BCUT2D eigenvalue weighted by atomic mass is 32.2. The van der Waals surface area contributed by atoms with Crippen molar-refractivity contribution in [1.29, 1.82) is 0 Å². The lowest BCUT2D eigenvalue weighted by molar-refractivity contribution is -0.134. The zero-order valence-corrected chi connectivity index (χ0v) is 17.3. The summed E-state index contributed by atoms with van der Waals surface area (Å²) in [5.74, 6) is 2.17. The maximum atomic E-state index is 13.1. The summed E-state index contributed by atoms with van der Waals surface area (Å²) in [5, 5.41) is 0. The summed E-state index contributed by atoms with van der Waals surface area (Å²) < 4.78 is 0. The van der Waals surface area contributed by atoms with Gasteiger partial charge in [0.25, 0.3) is 0 Å². The molecule has 3 aliphatic rings. The molecule has 1 aliphatic carbocycles. The molecule has 1 aromatic carbocycles. The van der Waals surface area contributed by atoms with E-state index in [4.69, 9.17) is 0 Å². The third-order valence-corrected chi connectivity index (χ3v) is 7.90. The Morgan fingerprint density at radius 2 is 1.89 bits per heavy atom. The smallest absolute Gasteiger partial charge is 0.229 e. The van der Waals surface area contributed by atoms with Gasteiger partial charge in [0, 0.05) is 48.3 Å². The van der Waals surface area contributed by atoms with Gasteiger partial charge in [-0.1, -0.05) is 18.9 Å². The van der Waals surface area contributed by atoms with Crippen LogP contribution in [-0.4, -0.2) is 60.5 Å². The fraction of sp³-hybridized carbons (Fsp3) is 0.636. The fourth-order valence-corrected chi connectivity index (χ4v) is 6.06. The second-order valence-electron chi connectivity index (χ2n) is 8.43. The molecule has 1 aromatic rings. The second-order valence-corrected chi connectivity index (χ2v) is 9.49. The standard InChI is InChI=1S/C22H30N2O2S/c1-15(22(26)24-11-9-23(2)10-12-24)16-7-8-19-20(13-16)27-14-17-5-3-4-6-18(17)21(19)25/h7-8,13,15,17-18H,3-6,9-12,14H2,1-2H3/t15?,17-,18+/m1/s1. The van der Waals surface area contributed by atoms with Crippen molar-refractivity contribution in [2.45, 2.75) is 43.4 Å². The molecule has 0 aromatic heterocycles. The highest BCUT2D eigenvalue weighted by molar-refractivity contribution is 7.99. The molecule has 146 valence electrons. The Morgan fingerprint density at radius 1 is 1.15 bits per heavy atom. The molecule has 0 spiro atoms. The molecular weight excluding hydrogens is 356 g/mol. The van der Waals surface area contributed by atoms with Crippen LogP contribution in [0.5, 0.6) is 0 Å². The van der Waals surface area contributed by atoms with Crippen LogP contribution >= 0.6 is 11.8 Å². The van der Waals surface area contributed by atoms with E-state index in [0.717, 1.165) is 54.4 Å². The monoisotopic (exact) mass is 386 g/mol. The Bertz CT molecular complexity index is 727. The first-order valence-electron chi connectivity index (χ1n) is 10.3.